The maximum Gasteiger partial charge on any atom is 0.258 e. The Labute approximate surface area is 244 Å². The largest absolute Gasteiger partial charge is 0.542 e. The van der Waals surface area contributed by atoms with Crippen LogP contribution in [0.5, 0.6) is 23.0 Å². The van der Waals surface area contributed by atoms with Gasteiger partial charge in [-0.2, -0.15) is 0 Å². The summed E-state index contributed by atoms with van der Waals surface area (Å²) < 4.78 is 29.9. The Morgan fingerprint density at radius 3 is 1.83 bits per heavy atom. The predicted octanol–water partition coefficient (Wildman–Crippen LogP) is 9.03. The molecule has 0 radical (unpaired) electrons. The summed E-state index contributed by atoms with van der Waals surface area (Å²) in [6, 6.07) is 17.7. The number of rotatable bonds is 12. The van der Waals surface area contributed by atoms with Crippen molar-refractivity contribution in [2.24, 2.45) is 0 Å². The molecule has 41 heavy (non-hydrogen) atoms. The van der Waals surface area contributed by atoms with Crippen molar-refractivity contribution >= 4 is 36.1 Å². The van der Waals surface area contributed by atoms with Crippen molar-refractivity contribution in [1.29, 1.82) is 0 Å². The third-order valence-electron chi connectivity index (χ3n) is 8.26. The lowest BCUT2D eigenvalue weighted by atomic mass is 9.90. The highest BCUT2D eigenvalue weighted by atomic mass is 28.4. The molecule has 0 amide bonds. The second-order valence-electron chi connectivity index (χ2n) is 11.3. The Hall–Kier alpha value is -3.55. The summed E-state index contributed by atoms with van der Waals surface area (Å²) in [7, 11) is 2.62. The smallest absolute Gasteiger partial charge is 0.258 e. The van der Waals surface area contributed by atoms with Crippen molar-refractivity contribution in [2.45, 2.75) is 58.2 Å². The van der Waals surface area contributed by atoms with Crippen LogP contribution in [0.2, 0.25) is 16.6 Å². The van der Waals surface area contributed by atoms with Crippen LogP contribution in [0.4, 0.5) is 0 Å². The van der Waals surface area contributed by atoms with Crippen molar-refractivity contribution < 1.29 is 28.2 Å². The normalized spacial score (nSPS) is 12.0. The minimum atomic E-state index is -2.26. The van der Waals surface area contributed by atoms with Crippen LogP contribution in [0, 0.1) is 0 Å². The minimum absolute atomic E-state index is 0.0717. The number of fused-ring (bicyclic) bond motifs is 2. The first kappa shape index (κ1) is 30.4. The Kier molecular flexibility index (Phi) is 9.30. The van der Waals surface area contributed by atoms with Gasteiger partial charge in [-0.1, -0.05) is 65.8 Å². The molecule has 0 aliphatic carbocycles. The van der Waals surface area contributed by atoms with E-state index in [4.69, 9.17) is 23.4 Å². The van der Waals surface area contributed by atoms with Crippen LogP contribution >= 0.6 is 0 Å². The summed E-state index contributed by atoms with van der Waals surface area (Å²) in [6.45, 7) is 13.8. The van der Waals surface area contributed by atoms with Crippen LogP contribution in [0.1, 0.15) is 51.9 Å². The lowest BCUT2D eigenvalue weighted by molar-refractivity contribution is 0.0521. The summed E-state index contributed by atoms with van der Waals surface area (Å²) in [5, 5.41) is 3.37. The molecule has 0 unspecified atom stereocenters. The monoisotopic (exact) mass is 574 g/mol. The van der Waals surface area contributed by atoms with Gasteiger partial charge in [0.1, 0.15) is 23.0 Å². The van der Waals surface area contributed by atoms with Gasteiger partial charge >= 0.3 is 0 Å². The second-order valence-corrected chi connectivity index (χ2v) is 16.7. The van der Waals surface area contributed by atoms with Crippen molar-refractivity contribution in [3.63, 3.8) is 0 Å². The molecule has 0 atom stereocenters. The molecule has 4 aromatic rings. The molecule has 0 aromatic heterocycles. The lowest BCUT2D eigenvalue weighted by Crippen LogP contribution is -2.50. The maximum atomic E-state index is 12.4. The van der Waals surface area contributed by atoms with Crippen molar-refractivity contribution in [1.82, 2.24) is 0 Å². The molecular weight excluding hydrogens is 532 g/mol. The number of ether oxygens (including phenoxy) is 4. The van der Waals surface area contributed by atoms with E-state index in [9.17, 15) is 4.79 Å². The summed E-state index contributed by atoms with van der Waals surface area (Å²) in [6.07, 6.45) is 0.874. The van der Waals surface area contributed by atoms with Crippen LogP contribution in [0.15, 0.2) is 54.6 Å². The SMILES string of the molecule is COCOc1ccc(C=O)c2c(-c3ccc(O[Si](C(C)C)(C(C)C)C(C)C)c4c(OC)cccc34)ccc(OC)c12. The number of hydrogen-bond donors (Lipinski definition) is 0. The molecule has 7 heteroatoms. The number of aldehydes is 1. The van der Waals surface area contributed by atoms with E-state index in [1.54, 1.807) is 33.5 Å². The van der Waals surface area contributed by atoms with E-state index in [-0.39, 0.29) is 6.79 Å². The third-order valence-corrected chi connectivity index (χ3v) is 14.3. The number of carbonyl (C=O) groups is 1. The van der Waals surface area contributed by atoms with Gasteiger partial charge in [-0.15, -0.1) is 0 Å². The molecular formula is C34H42O6Si. The highest BCUT2D eigenvalue weighted by molar-refractivity contribution is 6.78. The second kappa shape index (κ2) is 12.5. The summed E-state index contributed by atoms with van der Waals surface area (Å²) in [5.41, 5.74) is 3.63. The third kappa shape index (κ3) is 5.29. The summed E-state index contributed by atoms with van der Waals surface area (Å²) in [5.74, 6) is 2.77. The molecule has 218 valence electrons. The molecule has 4 rings (SSSR count). The highest BCUT2D eigenvalue weighted by Crippen LogP contribution is 2.49. The van der Waals surface area contributed by atoms with Gasteiger partial charge in [0.05, 0.1) is 25.0 Å². The van der Waals surface area contributed by atoms with Crippen LogP contribution in [0.3, 0.4) is 0 Å². The highest BCUT2D eigenvalue weighted by Gasteiger charge is 2.47. The van der Waals surface area contributed by atoms with Gasteiger partial charge in [-0.05, 0) is 63.5 Å². The number of carbonyl (C=O) groups excluding carboxylic acids is 1. The van der Waals surface area contributed by atoms with Gasteiger partial charge in [0.15, 0.2) is 13.1 Å². The van der Waals surface area contributed by atoms with E-state index in [2.05, 4.69) is 59.7 Å². The molecule has 4 aromatic carbocycles. The first-order valence-corrected chi connectivity index (χ1v) is 16.3. The van der Waals surface area contributed by atoms with E-state index in [1.165, 1.54) is 0 Å². The van der Waals surface area contributed by atoms with E-state index in [0.717, 1.165) is 45.1 Å². The molecule has 0 saturated carbocycles. The molecule has 0 aliphatic rings. The Morgan fingerprint density at radius 2 is 1.24 bits per heavy atom. The molecule has 0 spiro atoms. The van der Waals surface area contributed by atoms with E-state index >= 15 is 0 Å². The zero-order valence-electron chi connectivity index (χ0n) is 25.7. The van der Waals surface area contributed by atoms with E-state index in [1.807, 2.05) is 24.3 Å². The lowest BCUT2D eigenvalue weighted by Gasteiger charge is -2.42. The van der Waals surface area contributed by atoms with E-state index in [0.29, 0.717) is 39.1 Å². The van der Waals surface area contributed by atoms with Gasteiger partial charge < -0.3 is 23.4 Å². The fourth-order valence-electron chi connectivity index (χ4n) is 6.57. The standard InChI is InChI=1S/C34H42O6Si/c1-21(2)41(22(3)4,23(5)6)40-31-18-14-25(26-11-10-12-28(37-8)33(26)31)27-15-17-29(38-9)34-30(39-20-36-7)16-13-24(19-35)32(27)34/h10-19,21-23H,20H2,1-9H3. The molecule has 0 N–H and O–H groups in total. The van der Waals surface area contributed by atoms with Crippen LogP contribution < -0.4 is 18.6 Å². The first-order chi connectivity index (χ1) is 19.7. The maximum absolute atomic E-state index is 12.4. The van der Waals surface area contributed by atoms with Gasteiger partial charge in [-0.3, -0.25) is 4.79 Å². The van der Waals surface area contributed by atoms with E-state index < -0.39 is 8.32 Å². The zero-order valence-corrected chi connectivity index (χ0v) is 26.7. The average molecular weight is 575 g/mol. The van der Waals surface area contributed by atoms with Gasteiger partial charge in [-0.25, -0.2) is 0 Å². The van der Waals surface area contributed by atoms with Crippen molar-refractivity contribution in [3.8, 4) is 34.1 Å². The molecule has 0 bridgehead atoms. The average Bonchev–Trinajstić information content (AvgIpc) is 2.97. The predicted molar refractivity (Wildman–Crippen MR) is 170 cm³/mol. The fraction of sp³-hybridized carbons (Fsp3) is 0.382. The van der Waals surface area contributed by atoms with Crippen LogP contribution in [-0.2, 0) is 4.74 Å². The molecule has 6 nitrogen and oxygen atoms in total. The Bertz CT molecular complexity index is 1520. The van der Waals surface area contributed by atoms with Gasteiger partial charge in [0.2, 0.25) is 0 Å². The number of methoxy groups -OCH3 is 3. The molecule has 0 aliphatic heterocycles. The Morgan fingerprint density at radius 1 is 0.659 bits per heavy atom. The van der Waals surface area contributed by atoms with Crippen molar-refractivity contribution in [3.05, 3.63) is 60.2 Å². The fourth-order valence-corrected chi connectivity index (χ4v) is 11.8. The molecule has 0 saturated heterocycles. The zero-order chi connectivity index (χ0) is 29.9. The van der Waals surface area contributed by atoms with Crippen molar-refractivity contribution in [2.75, 3.05) is 28.1 Å². The molecule has 0 heterocycles. The Balaban J connectivity index is 2.08. The van der Waals surface area contributed by atoms with Gasteiger partial charge in [0, 0.05) is 18.1 Å². The number of benzene rings is 4. The van der Waals surface area contributed by atoms with Crippen LogP contribution in [0.25, 0.3) is 32.7 Å². The summed E-state index contributed by atoms with van der Waals surface area (Å²) >= 11 is 0. The first-order valence-electron chi connectivity index (χ1n) is 14.2. The molecule has 0 fully saturated rings. The number of hydrogen-bond acceptors (Lipinski definition) is 6. The van der Waals surface area contributed by atoms with Gasteiger partial charge in [0.25, 0.3) is 8.32 Å². The minimum Gasteiger partial charge on any atom is -0.542 e. The topological polar surface area (TPSA) is 63.2 Å². The quantitative estimate of drug-likeness (QED) is 0.0956. The summed E-state index contributed by atoms with van der Waals surface area (Å²) in [4.78, 5) is 12.4. The van der Waals surface area contributed by atoms with Crippen LogP contribution in [-0.4, -0.2) is 42.7 Å².